The van der Waals surface area contributed by atoms with Gasteiger partial charge >= 0.3 is 0 Å². The lowest BCUT2D eigenvalue weighted by atomic mass is 9.94. The quantitative estimate of drug-likeness (QED) is 0.348. The van der Waals surface area contributed by atoms with Crippen LogP contribution in [0.4, 0.5) is 8.78 Å². The van der Waals surface area contributed by atoms with Gasteiger partial charge in [-0.3, -0.25) is 9.59 Å². The number of ether oxygens (including phenoxy) is 1. The van der Waals surface area contributed by atoms with E-state index in [1.807, 2.05) is 17.2 Å². The Hall–Kier alpha value is -3.41. The molecule has 3 aromatic rings. The largest absolute Gasteiger partial charge is 0.492 e. The Kier molecular flexibility index (Phi) is 8.74. The molecule has 1 aromatic heterocycles. The number of carbonyl (C=O) groups is 2. The number of benzene rings is 2. The van der Waals surface area contributed by atoms with Gasteiger partial charge in [0.05, 0.1) is 30.4 Å². The molecule has 2 aromatic carbocycles. The molecule has 2 saturated heterocycles. The van der Waals surface area contributed by atoms with Crippen molar-refractivity contribution in [1.29, 1.82) is 0 Å². The molecule has 6 rings (SSSR count). The van der Waals surface area contributed by atoms with Crippen LogP contribution in [0, 0.1) is 18.6 Å². The predicted octanol–water partition coefficient (Wildman–Crippen LogP) is 4.49. The molecular formula is C32H36F2N4O4S. The maximum atomic E-state index is 14.1. The van der Waals surface area contributed by atoms with Crippen molar-refractivity contribution in [3.8, 4) is 5.75 Å². The zero-order chi connectivity index (χ0) is 30.1. The number of aryl methyl sites for hydroxylation is 2. The minimum atomic E-state index is -0.994. The monoisotopic (exact) mass is 610 g/mol. The Morgan fingerprint density at radius 3 is 2.70 bits per heavy atom. The lowest BCUT2D eigenvalue weighted by Gasteiger charge is -2.29. The van der Waals surface area contributed by atoms with Gasteiger partial charge in [-0.1, -0.05) is 0 Å². The van der Waals surface area contributed by atoms with E-state index in [-0.39, 0.29) is 30.0 Å². The lowest BCUT2D eigenvalue weighted by molar-refractivity contribution is 0.0728. The van der Waals surface area contributed by atoms with E-state index in [1.165, 1.54) is 12.1 Å². The van der Waals surface area contributed by atoms with Crippen molar-refractivity contribution in [1.82, 2.24) is 20.5 Å². The highest BCUT2D eigenvalue weighted by Gasteiger charge is 2.36. The van der Waals surface area contributed by atoms with Crippen LogP contribution in [0.5, 0.6) is 5.75 Å². The molecule has 3 aliphatic heterocycles. The number of nitrogens with zero attached hydrogens (tertiary/aromatic N) is 2. The fourth-order valence-electron chi connectivity index (χ4n) is 6.49. The summed E-state index contributed by atoms with van der Waals surface area (Å²) in [4.78, 5) is 34.3. The summed E-state index contributed by atoms with van der Waals surface area (Å²) in [5, 5.41) is 20.3. The fraction of sp³-hybridized carbons (Fsp3) is 0.469. The second kappa shape index (κ2) is 12.7. The molecule has 11 heteroatoms. The summed E-state index contributed by atoms with van der Waals surface area (Å²) in [5.41, 5.74) is 2.64. The van der Waals surface area contributed by atoms with E-state index in [4.69, 9.17) is 4.74 Å². The number of aromatic nitrogens is 1. The Morgan fingerprint density at radius 1 is 1.16 bits per heavy atom. The minimum absolute atomic E-state index is 0.0301. The van der Waals surface area contributed by atoms with Crippen molar-refractivity contribution < 1.29 is 28.2 Å². The van der Waals surface area contributed by atoms with E-state index in [2.05, 4.69) is 15.6 Å². The molecule has 4 heterocycles. The summed E-state index contributed by atoms with van der Waals surface area (Å²) in [6.07, 6.45) is 3.73. The smallest absolute Gasteiger partial charge is 0.258 e. The van der Waals surface area contributed by atoms with Gasteiger partial charge in [-0.2, -0.15) is 0 Å². The SMILES string of the molecule is Cc1csc(C2CCCN2C(=O)c2cc(C(=O)NC(Cc3cc(F)cc(F)c3)C(O)C3CCCN3)cc3c2OCCC3)n1. The van der Waals surface area contributed by atoms with E-state index in [1.54, 1.807) is 23.5 Å². The first kappa shape index (κ1) is 29.7. The summed E-state index contributed by atoms with van der Waals surface area (Å²) in [6, 6.07) is 5.30. The summed E-state index contributed by atoms with van der Waals surface area (Å²) >= 11 is 1.55. The zero-order valence-corrected chi connectivity index (χ0v) is 24.9. The number of nitrogens with one attached hydrogen (secondary N) is 2. The molecule has 228 valence electrons. The summed E-state index contributed by atoms with van der Waals surface area (Å²) in [6.45, 7) is 3.75. The van der Waals surface area contributed by atoms with Crippen LogP contribution in [-0.4, -0.2) is 64.7 Å². The van der Waals surface area contributed by atoms with Crippen LogP contribution in [0.1, 0.15) is 80.7 Å². The van der Waals surface area contributed by atoms with Crippen LogP contribution in [0.3, 0.4) is 0 Å². The van der Waals surface area contributed by atoms with E-state index in [0.29, 0.717) is 36.4 Å². The number of likely N-dealkylation sites (tertiary alicyclic amines) is 1. The second-order valence-electron chi connectivity index (χ2n) is 11.7. The molecule has 3 aliphatic rings. The molecular weight excluding hydrogens is 574 g/mol. The first-order valence-corrected chi connectivity index (χ1v) is 15.8. The van der Waals surface area contributed by atoms with Gasteiger partial charge in [0, 0.05) is 35.3 Å². The Bertz CT molecular complexity index is 1490. The summed E-state index contributed by atoms with van der Waals surface area (Å²) in [7, 11) is 0. The maximum Gasteiger partial charge on any atom is 0.258 e. The Labute approximate surface area is 253 Å². The molecule has 4 unspecified atom stereocenters. The Morgan fingerprint density at radius 2 is 1.98 bits per heavy atom. The number of hydrogen-bond acceptors (Lipinski definition) is 7. The molecule has 0 bridgehead atoms. The van der Waals surface area contributed by atoms with Crippen molar-refractivity contribution in [2.75, 3.05) is 19.7 Å². The molecule has 43 heavy (non-hydrogen) atoms. The van der Waals surface area contributed by atoms with Gasteiger partial charge in [0.1, 0.15) is 22.4 Å². The maximum absolute atomic E-state index is 14.1. The third-order valence-corrected chi connectivity index (χ3v) is 9.61. The van der Waals surface area contributed by atoms with E-state index >= 15 is 0 Å². The lowest BCUT2D eigenvalue weighted by Crippen LogP contribution is -2.52. The van der Waals surface area contributed by atoms with Crippen LogP contribution in [0.2, 0.25) is 0 Å². The molecule has 2 fully saturated rings. The van der Waals surface area contributed by atoms with E-state index in [0.717, 1.165) is 61.0 Å². The predicted molar refractivity (Wildman–Crippen MR) is 158 cm³/mol. The second-order valence-corrected chi connectivity index (χ2v) is 12.6. The molecule has 8 nitrogen and oxygen atoms in total. The van der Waals surface area contributed by atoms with Gasteiger partial charge in [0.25, 0.3) is 11.8 Å². The zero-order valence-electron chi connectivity index (χ0n) is 24.1. The van der Waals surface area contributed by atoms with E-state index < -0.39 is 29.7 Å². The van der Waals surface area contributed by atoms with Gasteiger partial charge in [-0.05, 0) is 93.8 Å². The van der Waals surface area contributed by atoms with Gasteiger partial charge in [0.2, 0.25) is 0 Å². The number of aliphatic hydroxyl groups excluding tert-OH is 1. The number of carbonyl (C=O) groups excluding carboxylic acids is 2. The highest BCUT2D eigenvalue weighted by molar-refractivity contribution is 7.09. The van der Waals surface area contributed by atoms with Crippen molar-refractivity contribution >= 4 is 23.2 Å². The summed E-state index contributed by atoms with van der Waals surface area (Å²) in [5.74, 6) is -1.62. The van der Waals surface area contributed by atoms with Crippen LogP contribution in [-0.2, 0) is 12.8 Å². The van der Waals surface area contributed by atoms with Crippen LogP contribution in [0.25, 0.3) is 0 Å². The average Bonchev–Trinajstić information content (AvgIpc) is 3.77. The number of rotatable bonds is 8. The molecule has 3 N–H and O–H groups in total. The number of thiazole rings is 1. The highest BCUT2D eigenvalue weighted by atomic mass is 32.1. The van der Waals surface area contributed by atoms with E-state index in [9.17, 15) is 23.5 Å². The Balaban J connectivity index is 1.30. The fourth-order valence-corrected chi connectivity index (χ4v) is 7.44. The minimum Gasteiger partial charge on any atom is -0.492 e. The van der Waals surface area contributed by atoms with Crippen molar-refractivity contribution in [2.45, 2.75) is 76.1 Å². The molecule has 2 amide bonds. The van der Waals surface area contributed by atoms with Gasteiger partial charge in [-0.15, -0.1) is 11.3 Å². The standard InChI is InChI=1S/C32H36F2N4O4S/c1-18-17-43-31(36-18)27-7-3-9-38(27)32(41)24-15-21(14-20-5-4-10-42-29(20)24)30(40)37-26(28(39)25-6-2-8-35-25)13-19-11-22(33)16-23(34)12-19/h11-12,14-17,25-28,35,39H,2-10,13H2,1H3,(H,37,40). The number of hydrogen-bond donors (Lipinski definition) is 3. The van der Waals surface area contributed by atoms with Crippen LogP contribution < -0.4 is 15.4 Å². The number of aliphatic hydroxyl groups is 1. The average molecular weight is 611 g/mol. The first-order valence-electron chi connectivity index (χ1n) is 15.0. The third-order valence-electron chi connectivity index (χ3n) is 8.55. The van der Waals surface area contributed by atoms with Gasteiger partial charge in [0.15, 0.2) is 0 Å². The topological polar surface area (TPSA) is 104 Å². The number of amides is 2. The number of halogens is 2. The highest BCUT2D eigenvalue weighted by Crippen LogP contribution is 2.38. The van der Waals surface area contributed by atoms with Crippen molar-refractivity contribution in [3.63, 3.8) is 0 Å². The van der Waals surface area contributed by atoms with Gasteiger partial charge < -0.3 is 25.4 Å². The third kappa shape index (κ3) is 6.44. The van der Waals surface area contributed by atoms with Crippen molar-refractivity contribution in [3.05, 3.63) is 80.3 Å². The van der Waals surface area contributed by atoms with Crippen LogP contribution in [0.15, 0.2) is 35.7 Å². The van der Waals surface area contributed by atoms with Crippen LogP contribution >= 0.6 is 11.3 Å². The van der Waals surface area contributed by atoms with Gasteiger partial charge in [-0.25, -0.2) is 13.8 Å². The molecule has 0 saturated carbocycles. The van der Waals surface area contributed by atoms with Crippen molar-refractivity contribution in [2.24, 2.45) is 0 Å². The first-order chi connectivity index (χ1) is 20.8. The summed E-state index contributed by atoms with van der Waals surface area (Å²) < 4.78 is 34.0. The normalized spacial score (nSPS) is 21.3. The number of fused-ring (bicyclic) bond motifs is 1. The molecule has 4 atom stereocenters. The molecule has 0 radical (unpaired) electrons. The molecule has 0 spiro atoms. The molecule has 0 aliphatic carbocycles.